The van der Waals surface area contributed by atoms with Crippen LogP contribution in [-0.4, -0.2) is 26.4 Å². The maximum Gasteiger partial charge on any atom is 0.401 e. The molecule has 4 nitrogen and oxygen atoms in total. The second kappa shape index (κ2) is 3.79. The molecule has 0 radical (unpaired) electrons. The number of rotatable bonds is 1. The molecule has 0 N–H and O–H groups in total. The molecular formula is C13H16ClN2O2+. The third kappa shape index (κ3) is 1.63. The van der Waals surface area contributed by atoms with E-state index in [0.717, 1.165) is 15.1 Å². The third-order valence-corrected chi connectivity index (χ3v) is 3.65. The molecule has 0 saturated carbocycles. The highest BCUT2D eigenvalue weighted by Crippen LogP contribution is 2.32. The van der Waals surface area contributed by atoms with Gasteiger partial charge < -0.3 is 5.21 Å². The molecule has 1 aromatic rings. The molecule has 5 heteroatoms. The molecule has 18 heavy (non-hydrogen) atoms. The van der Waals surface area contributed by atoms with Gasteiger partial charge in [0.2, 0.25) is 0 Å². The molecule has 0 aliphatic carbocycles. The van der Waals surface area contributed by atoms with Gasteiger partial charge in [-0.05, 0) is 24.3 Å². The van der Waals surface area contributed by atoms with Gasteiger partial charge in [-0.25, -0.2) is 0 Å². The quantitative estimate of drug-likeness (QED) is 0.580. The zero-order valence-corrected chi connectivity index (χ0v) is 11.7. The maximum atomic E-state index is 12.3. The molecule has 0 unspecified atom stereocenters. The van der Waals surface area contributed by atoms with Crippen molar-refractivity contribution in [3.05, 3.63) is 45.0 Å². The first-order valence-electron chi connectivity index (χ1n) is 5.77. The van der Waals surface area contributed by atoms with E-state index >= 15 is 0 Å². The smallest absolute Gasteiger partial charge is 0.401 e. The molecule has 1 aliphatic rings. The van der Waals surface area contributed by atoms with E-state index in [1.165, 1.54) is 0 Å². The number of hydrogen-bond acceptors (Lipinski definition) is 2. The van der Waals surface area contributed by atoms with E-state index < -0.39 is 11.2 Å². The summed E-state index contributed by atoms with van der Waals surface area (Å²) in [5.41, 5.74) is -0.762. The lowest BCUT2D eigenvalue weighted by atomic mass is 9.93. The predicted molar refractivity (Wildman–Crippen MR) is 71.0 cm³/mol. The van der Waals surface area contributed by atoms with Crippen molar-refractivity contribution in [3.63, 3.8) is 0 Å². The zero-order chi connectivity index (χ0) is 13.7. The minimum absolute atomic E-state index is 0.471. The van der Waals surface area contributed by atoms with E-state index in [-0.39, 0.29) is 0 Å². The molecular weight excluding hydrogens is 252 g/mol. The fourth-order valence-corrected chi connectivity index (χ4v) is 2.59. The Morgan fingerprint density at radius 2 is 1.61 bits per heavy atom. The monoisotopic (exact) mass is 267 g/mol. The first-order valence-corrected chi connectivity index (χ1v) is 6.15. The van der Waals surface area contributed by atoms with E-state index in [0.29, 0.717) is 10.7 Å². The fourth-order valence-electron chi connectivity index (χ4n) is 2.46. The molecule has 0 bridgehead atoms. The standard InChI is InChI=1S/C13H16ClN2O2/c1-12(2)11(9-5-7-10(14)8-6-9)15(17)13(3,4)16(12)18/h5-8H,1-4H3/q+1. The van der Waals surface area contributed by atoms with Crippen molar-refractivity contribution in [1.82, 2.24) is 0 Å². The number of nitroso groups, excluding NO2 is 1. The highest BCUT2D eigenvalue weighted by atomic mass is 35.5. The zero-order valence-electron chi connectivity index (χ0n) is 10.9. The Morgan fingerprint density at radius 3 is 2.00 bits per heavy atom. The van der Waals surface area contributed by atoms with Crippen LogP contribution in [0.4, 0.5) is 0 Å². The van der Waals surface area contributed by atoms with Gasteiger partial charge >= 0.3 is 5.66 Å². The fraction of sp³-hybridized carbons (Fsp3) is 0.462. The maximum absolute atomic E-state index is 12.3. The average molecular weight is 268 g/mol. The lowest BCUT2D eigenvalue weighted by molar-refractivity contribution is -0.796. The van der Waals surface area contributed by atoms with E-state index in [4.69, 9.17) is 11.6 Å². The van der Waals surface area contributed by atoms with E-state index in [9.17, 15) is 10.1 Å². The van der Waals surface area contributed by atoms with Crippen molar-refractivity contribution in [2.75, 3.05) is 0 Å². The minimum Gasteiger partial charge on any atom is -0.618 e. The lowest BCUT2D eigenvalue weighted by Crippen LogP contribution is -2.44. The van der Waals surface area contributed by atoms with Crippen molar-refractivity contribution < 1.29 is 9.50 Å². The Morgan fingerprint density at radius 1 is 1.11 bits per heavy atom. The third-order valence-electron chi connectivity index (χ3n) is 3.40. The van der Waals surface area contributed by atoms with Crippen molar-refractivity contribution >= 4 is 17.3 Å². The molecule has 0 spiro atoms. The van der Waals surface area contributed by atoms with Crippen LogP contribution in [0, 0.1) is 10.1 Å². The van der Waals surface area contributed by atoms with Crippen LogP contribution in [-0.2, 0) is 0 Å². The summed E-state index contributed by atoms with van der Waals surface area (Å²) < 4.78 is 1.64. The van der Waals surface area contributed by atoms with Gasteiger partial charge in [-0.3, -0.25) is 0 Å². The van der Waals surface area contributed by atoms with Gasteiger partial charge in [0, 0.05) is 23.8 Å². The van der Waals surface area contributed by atoms with Gasteiger partial charge in [0.1, 0.15) is 0 Å². The summed E-state index contributed by atoms with van der Waals surface area (Å²) in [6, 6.07) is 6.96. The molecule has 1 aromatic carbocycles. The molecule has 0 fully saturated rings. The van der Waals surface area contributed by atoms with Gasteiger partial charge in [-0.2, -0.15) is 0 Å². The first-order chi connectivity index (χ1) is 8.19. The second-order valence-corrected chi connectivity index (χ2v) is 5.93. The Balaban J connectivity index is 2.65. The van der Waals surface area contributed by atoms with Crippen LogP contribution < -0.4 is 0 Å². The van der Waals surface area contributed by atoms with E-state index in [1.807, 2.05) is 0 Å². The van der Waals surface area contributed by atoms with Crippen molar-refractivity contribution in [3.8, 4) is 0 Å². The topological polar surface area (TPSA) is 46.1 Å². The number of nitrogens with zero attached hydrogens (tertiary/aromatic N) is 2. The normalized spacial score (nSPS) is 21.5. The highest BCUT2D eigenvalue weighted by molar-refractivity contribution is 6.30. The van der Waals surface area contributed by atoms with Gasteiger partial charge in [0.25, 0.3) is 11.3 Å². The summed E-state index contributed by atoms with van der Waals surface area (Å²) in [5, 5.41) is 12.9. The Hall–Kier alpha value is -1.42. The number of hydrogen-bond donors (Lipinski definition) is 0. The van der Waals surface area contributed by atoms with E-state index in [2.05, 4.69) is 0 Å². The summed E-state index contributed by atoms with van der Waals surface area (Å²) >= 11 is 5.84. The van der Waals surface area contributed by atoms with E-state index in [1.54, 1.807) is 52.0 Å². The van der Waals surface area contributed by atoms with Crippen LogP contribution in [0.25, 0.3) is 0 Å². The summed E-state index contributed by atoms with van der Waals surface area (Å²) in [6.07, 6.45) is 0. The molecule has 1 aliphatic heterocycles. The molecule has 0 atom stereocenters. The first kappa shape index (κ1) is 13.0. The summed E-state index contributed by atoms with van der Waals surface area (Å²) in [4.78, 5) is 12.2. The average Bonchev–Trinajstić information content (AvgIpc) is 2.40. The number of benzene rings is 1. The lowest BCUT2D eigenvalue weighted by Gasteiger charge is -2.10. The highest BCUT2D eigenvalue weighted by Gasteiger charge is 2.66. The predicted octanol–water partition coefficient (Wildman–Crippen LogP) is 2.95. The van der Waals surface area contributed by atoms with Crippen molar-refractivity contribution in [2.45, 2.75) is 38.9 Å². The van der Waals surface area contributed by atoms with Crippen LogP contribution in [0.3, 0.4) is 0 Å². The van der Waals surface area contributed by atoms with Crippen LogP contribution >= 0.6 is 11.6 Å². The van der Waals surface area contributed by atoms with Gasteiger partial charge in [-0.1, -0.05) is 11.6 Å². The minimum atomic E-state index is -1.10. The molecule has 1 heterocycles. The summed E-state index contributed by atoms with van der Waals surface area (Å²) in [5.74, 6) is 0. The van der Waals surface area contributed by atoms with Crippen LogP contribution in [0.1, 0.15) is 33.3 Å². The van der Waals surface area contributed by atoms with Crippen molar-refractivity contribution in [1.29, 1.82) is 0 Å². The number of hydroxylamine groups is 1. The molecule has 0 aromatic heterocycles. The van der Waals surface area contributed by atoms with Crippen LogP contribution in [0.5, 0.6) is 0 Å². The SMILES string of the molecule is CC1(C)C(c2ccc(Cl)cc2)=[N+]([O-])C(C)(C)[N+]1=O. The van der Waals surface area contributed by atoms with Gasteiger partial charge in [-0.15, -0.1) is 4.74 Å². The molecule has 2 rings (SSSR count). The Labute approximate surface area is 111 Å². The van der Waals surface area contributed by atoms with Crippen LogP contribution in [0.2, 0.25) is 5.02 Å². The molecule has 0 saturated heterocycles. The summed E-state index contributed by atoms with van der Waals surface area (Å²) in [7, 11) is 0. The Kier molecular flexibility index (Phi) is 2.74. The van der Waals surface area contributed by atoms with Gasteiger partial charge in [0.15, 0.2) is 0 Å². The van der Waals surface area contributed by atoms with Gasteiger partial charge in [0.05, 0.1) is 24.2 Å². The molecule has 96 valence electrons. The second-order valence-electron chi connectivity index (χ2n) is 5.50. The largest absolute Gasteiger partial charge is 0.618 e. The van der Waals surface area contributed by atoms with Crippen LogP contribution in [0.15, 0.2) is 24.3 Å². The Bertz CT molecular complexity index is 545. The van der Waals surface area contributed by atoms with Crippen molar-refractivity contribution in [2.24, 2.45) is 0 Å². The summed E-state index contributed by atoms with van der Waals surface area (Å²) in [6.45, 7) is 6.75. The molecule has 0 amide bonds. The number of halogens is 1.